The number of fused-ring (bicyclic) bond motifs is 3. The lowest BCUT2D eigenvalue weighted by atomic mass is 10.2. The summed E-state index contributed by atoms with van der Waals surface area (Å²) in [5, 5.41) is 11.2. The molecule has 1 aliphatic rings. The van der Waals surface area contributed by atoms with E-state index in [2.05, 4.69) is 26.1 Å². The molecule has 1 fully saturated rings. The zero-order valence-corrected chi connectivity index (χ0v) is 16.5. The number of morpholine rings is 1. The zero-order valence-electron chi connectivity index (χ0n) is 15.7. The van der Waals surface area contributed by atoms with E-state index in [1.807, 2.05) is 42.8 Å². The molecular formula is C19H19N7OS. The number of rotatable bonds is 3. The highest BCUT2D eigenvalue weighted by atomic mass is 32.2. The largest absolute Gasteiger partial charge is 0.378 e. The van der Waals surface area contributed by atoms with Crippen LogP contribution in [0.2, 0.25) is 0 Å². The summed E-state index contributed by atoms with van der Waals surface area (Å²) >= 11 is 1.41. The Kier molecular flexibility index (Phi) is 4.33. The van der Waals surface area contributed by atoms with Crippen molar-refractivity contribution in [3.8, 4) is 0 Å². The molecule has 5 rings (SSSR count). The minimum absolute atomic E-state index is 0.574. The summed E-state index contributed by atoms with van der Waals surface area (Å²) in [6.45, 7) is 4.97. The maximum atomic E-state index is 5.42. The Morgan fingerprint density at radius 3 is 2.71 bits per heavy atom. The Balaban J connectivity index is 1.50. The van der Waals surface area contributed by atoms with Gasteiger partial charge in [-0.1, -0.05) is 18.2 Å². The second-order valence-corrected chi connectivity index (χ2v) is 7.68. The van der Waals surface area contributed by atoms with Gasteiger partial charge in [0.2, 0.25) is 11.1 Å². The van der Waals surface area contributed by atoms with Crippen LogP contribution in [0, 0.1) is 6.92 Å². The minimum atomic E-state index is 0.574. The maximum absolute atomic E-state index is 5.42. The molecular weight excluding hydrogens is 374 g/mol. The van der Waals surface area contributed by atoms with Gasteiger partial charge in [0, 0.05) is 31.2 Å². The fourth-order valence-electron chi connectivity index (χ4n) is 3.41. The van der Waals surface area contributed by atoms with Gasteiger partial charge < -0.3 is 14.2 Å². The van der Waals surface area contributed by atoms with Crippen molar-refractivity contribution in [3.63, 3.8) is 0 Å². The molecule has 8 nitrogen and oxygen atoms in total. The van der Waals surface area contributed by atoms with Crippen molar-refractivity contribution < 1.29 is 4.74 Å². The summed E-state index contributed by atoms with van der Waals surface area (Å²) in [6.07, 6.45) is 0. The summed E-state index contributed by atoms with van der Waals surface area (Å²) < 4.78 is 7.47. The predicted molar refractivity (Wildman–Crippen MR) is 108 cm³/mol. The number of nitrogens with zero attached hydrogens (tertiary/aromatic N) is 7. The predicted octanol–water partition coefficient (Wildman–Crippen LogP) is 2.60. The Hall–Kier alpha value is -2.78. The van der Waals surface area contributed by atoms with Crippen molar-refractivity contribution in [2.24, 2.45) is 7.05 Å². The highest BCUT2D eigenvalue weighted by molar-refractivity contribution is 7.99. The lowest BCUT2D eigenvalue weighted by Crippen LogP contribution is -2.37. The molecule has 9 heteroatoms. The number of para-hydroxylation sites is 1. The van der Waals surface area contributed by atoms with Crippen LogP contribution in [-0.2, 0) is 11.8 Å². The SMILES string of the molecule is Cc1cc(Sc2nnc3c4ccccc4n(C)c3n2)nc(N2CCOCC2)n1. The van der Waals surface area contributed by atoms with Crippen molar-refractivity contribution in [2.45, 2.75) is 17.1 Å². The first-order valence-electron chi connectivity index (χ1n) is 9.13. The van der Waals surface area contributed by atoms with Crippen LogP contribution >= 0.6 is 11.8 Å². The normalized spacial score (nSPS) is 14.9. The summed E-state index contributed by atoms with van der Waals surface area (Å²) in [5.41, 5.74) is 3.64. The topological polar surface area (TPSA) is 81.9 Å². The Morgan fingerprint density at radius 2 is 1.86 bits per heavy atom. The summed E-state index contributed by atoms with van der Waals surface area (Å²) in [6, 6.07) is 10.1. The number of hydrogen-bond acceptors (Lipinski definition) is 8. The molecule has 1 saturated heterocycles. The van der Waals surface area contributed by atoms with Gasteiger partial charge in [-0.3, -0.25) is 0 Å². The summed E-state index contributed by atoms with van der Waals surface area (Å²) in [7, 11) is 2.00. The fraction of sp³-hybridized carbons (Fsp3) is 0.316. The van der Waals surface area contributed by atoms with Crippen LogP contribution in [0.3, 0.4) is 0 Å². The van der Waals surface area contributed by atoms with E-state index in [9.17, 15) is 0 Å². The smallest absolute Gasteiger partial charge is 0.226 e. The second-order valence-electron chi connectivity index (χ2n) is 6.69. The van der Waals surface area contributed by atoms with E-state index < -0.39 is 0 Å². The van der Waals surface area contributed by atoms with Crippen molar-refractivity contribution in [1.82, 2.24) is 29.7 Å². The van der Waals surface area contributed by atoms with Gasteiger partial charge in [0.1, 0.15) is 10.5 Å². The number of aromatic nitrogens is 6. The molecule has 1 aliphatic heterocycles. The highest BCUT2D eigenvalue weighted by Crippen LogP contribution is 2.29. The van der Waals surface area contributed by atoms with Gasteiger partial charge in [-0.05, 0) is 30.8 Å². The van der Waals surface area contributed by atoms with Gasteiger partial charge in [0.25, 0.3) is 0 Å². The maximum Gasteiger partial charge on any atom is 0.226 e. The molecule has 1 aromatic carbocycles. The van der Waals surface area contributed by atoms with Crippen molar-refractivity contribution in [2.75, 3.05) is 31.2 Å². The quantitative estimate of drug-likeness (QED) is 0.491. The Labute approximate surface area is 166 Å². The second kappa shape index (κ2) is 6.99. The van der Waals surface area contributed by atoms with Gasteiger partial charge in [0.05, 0.1) is 18.7 Å². The molecule has 0 bridgehead atoms. The van der Waals surface area contributed by atoms with Gasteiger partial charge in [-0.25, -0.2) is 15.0 Å². The summed E-state index contributed by atoms with van der Waals surface area (Å²) in [5.74, 6) is 0.726. The monoisotopic (exact) mass is 393 g/mol. The molecule has 0 spiro atoms. The zero-order chi connectivity index (χ0) is 19.1. The van der Waals surface area contributed by atoms with Crippen LogP contribution in [0.15, 0.2) is 40.5 Å². The first kappa shape index (κ1) is 17.3. The van der Waals surface area contributed by atoms with Crippen molar-refractivity contribution in [3.05, 3.63) is 36.0 Å². The van der Waals surface area contributed by atoms with E-state index in [1.165, 1.54) is 11.8 Å². The van der Waals surface area contributed by atoms with Crippen LogP contribution in [0.25, 0.3) is 22.1 Å². The van der Waals surface area contributed by atoms with E-state index in [0.29, 0.717) is 18.4 Å². The molecule has 0 atom stereocenters. The molecule has 28 heavy (non-hydrogen) atoms. The number of aryl methyl sites for hydroxylation is 2. The number of ether oxygens (including phenoxy) is 1. The van der Waals surface area contributed by atoms with Gasteiger partial charge in [-0.2, -0.15) is 0 Å². The van der Waals surface area contributed by atoms with Crippen LogP contribution in [-0.4, -0.2) is 56.0 Å². The van der Waals surface area contributed by atoms with Gasteiger partial charge in [-0.15, -0.1) is 10.2 Å². The lowest BCUT2D eigenvalue weighted by Gasteiger charge is -2.27. The minimum Gasteiger partial charge on any atom is -0.378 e. The van der Waals surface area contributed by atoms with E-state index >= 15 is 0 Å². The van der Waals surface area contributed by atoms with Gasteiger partial charge >= 0.3 is 0 Å². The molecule has 142 valence electrons. The average molecular weight is 393 g/mol. The molecule has 3 aromatic heterocycles. The standard InChI is InChI=1S/C19H19N7OS/c1-12-11-15(21-18(20-12)26-7-9-27-10-8-26)28-19-22-17-16(23-24-19)13-5-3-4-6-14(13)25(17)2/h3-6,11H,7-10H2,1-2H3. The molecule has 4 aromatic rings. The molecule has 4 heterocycles. The Bertz CT molecular complexity index is 1170. The van der Waals surface area contributed by atoms with E-state index in [4.69, 9.17) is 14.7 Å². The van der Waals surface area contributed by atoms with Gasteiger partial charge in [0.15, 0.2) is 5.65 Å². The fourth-order valence-corrected chi connectivity index (χ4v) is 4.17. The van der Waals surface area contributed by atoms with Crippen LogP contribution in [0.5, 0.6) is 0 Å². The van der Waals surface area contributed by atoms with Crippen molar-refractivity contribution >= 4 is 39.8 Å². The van der Waals surface area contributed by atoms with Crippen LogP contribution in [0.4, 0.5) is 5.95 Å². The molecule has 0 unspecified atom stereocenters. The highest BCUT2D eigenvalue weighted by Gasteiger charge is 2.17. The van der Waals surface area contributed by atoms with E-state index in [0.717, 1.165) is 51.8 Å². The molecule has 0 radical (unpaired) electrons. The third-order valence-corrected chi connectivity index (χ3v) is 5.57. The molecule has 0 saturated carbocycles. The first-order valence-corrected chi connectivity index (χ1v) is 9.95. The molecule has 0 aliphatic carbocycles. The first-order chi connectivity index (χ1) is 13.7. The summed E-state index contributed by atoms with van der Waals surface area (Å²) in [4.78, 5) is 16.2. The molecule has 0 N–H and O–H groups in total. The third kappa shape index (κ3) is 3.06. The van der Waals surface area contributed by atoms with Crippen LogP contribution in [0.1, 0.15) is 5.69 Å². The van der Waals surface area contributed by atoms with E-state index in [1.54, 1.807) is 0 Å². The third-order valence-electron chi connectivity index (χ3n) is 4.80. The van der Waals surface area contributed by atoms with Crippen molar-refractivity contribution in [1.29, 1.82) is 0 Å². The van der Waals surface area contributed by atoms with Crippen LogP contribution < -0.4 is 4.90 Å². The number of benzene rings is 1. The average Bonchev–Trinajstić information content (AvgIpc) is 3.00. The molecule has 0 amide bonds. The number of anilines is 1. The Morgan fingerprint density at radius 1 is 1.04 bits per heavy atom. The lowest BCUT2D eigenvalue weighted by molar-refractivity contribution is 0.122. The number of hydrogen-bond donors (Lipinski definition) is 0. The van der Waals surface area contributed by atoms with E-state index in [-0.39, 0.29) is 0 Å².